The van der Waals surface area contributed by atoms with Crippen molar-refractivity contribution in [1.82, 2.24) is 0 Å². The second-order valence-electron chi connectivity index (χ2n) is 13.5. The molecule has 13 atom stereocenters. The predicted molar refractivity (Wildman–Crippen MR) is 121 cm³/mol. The van der Waals surface area contributed by atoms with Gasteiger partial charge in [0.15, 0.2) is 0 Å². The fraction of sp³-hybridized carbons (Fsp3) is 0.963. The molecular weight excluding hydrogens is 404 g/mol. The molecule has 0 aliphatic heterocycles. The van der Waals surface area contributed by atoms with Crippen LogP contribution in [0.15, 0.2) is 0 Å². The van der Waals surface area contributed by atoms with E-state index >= 15 is 0 Å². The van der Waals surface area contributed by atoms with Gasteiger partial charge in [-0.25, -0.2) is 0 Å². The number of rotatable bonds is 2. The van der Waals surface area contributed by atoms with Crippen molar-refractivity contribution in [2.24, 2.45) is 58.2 Å². The van der Waals surface area contributed by atoms with E-state index in [0.717, 1.165) is 25.7 Å². The van der Waals surface area contributed by atoms with Crippen LogP contribution in [0.3, 0.4) is 0 Å². The Kier molecular flexibility index (Phi) is 5.27. The van der Waals surface area contributed by atoms with Gasteiger partial charge in [-0.1, -0.05) is 34.6 Å². The highest BCUT2D eigenvalue weighted by atomic mass is 16.3. The molecule has 4 N–H and O–H groups in total. The summed E-state index contributed by atoms with van der Waals surface area (Å²) in [6.45, 7) is 10.9. The molecule has 0 saturated heterocycles. The lowest BCUT2D eigenvalue weighted by Crippen LogP contribution is -2.65. The summed E-state index contributed by atoms with van der Waals surface area (Å²) in [5.41, 5.74) is -1.35. The number of aliphatic hydroxyl groups is 4. The van der Waals surface area contributed by atoms with Crippen LogP contribution in [0.1, 0.15) is 79.6 Å². The zero-order valence-electron chi connectivity index (χ0n) is 20.5. The molecule has 5 fully saturated rings. The number of aliphatic hydroxyl groups excluding tert-OH is 3. The summed E-state index contributed by atoms with van der Waals surface area (Å²) >= 11 is 0. The Morgan fingerprint density at radius 1 is 0.969 bits per heavy atom. The molecule has 13 unspecified atom stereocenters. The van der Waals surface area contributed by atoms with Crippen molar-refractivity contribution >= 4 is 5.78 Å². The van der Waals surface area contributed by atoms with E-state index in [4.69, 9.17) is 0 Å². The number of carbonyl (C=O) groups excluding carboxylic acids is 1. The van der Waals surface area contributed by atoms with Gasteiger partial charge in [0.25, 0.3) is 0 Å². The van der Waals surface area contributed by atoms with Crippen molar-refractivity contribution in [2.75, 3.05) is 0 Å². The van der Waals surface area contributed by atoms with Crippen molar-refractivity contribution < 1.29 is 25.2 Å². The Labute approximate surface area is 193 Å². The molecule has 0 radical (unpaired) electrons. The van der Waals surface area contributed by atoms with Crippen molar-refractivity contribution in [3.05, 3.63) is 0 Å². The molecule has 5 rings (SSSR count). The topological polar surface area (TPSA) is 98.0 Å². The van der Waals surface area contributed by atoms with Gasteiger partial charge in [-0.2, -0.15) is 0 Å². The van der Waals surface area contributed by atoms with Gasteiger partial charge in [-0.15, -0.1) is 0 Å². The maximum absolute atomic E-state index is 14.2. The fourth-order valence-electron chi connectivity index (χ4n) is 10.4. The van der Waals surface area contributed by atoms with Gasteiger partial charge < -0.3 is 20.4 Å². The monoisotopic (exact) mass is 448 g/mol. The molecule has 5 saturated carbocycles. The first kappa shape index (κ1) is 23.3. The van der Waals surface area contributed by atoms with Crippen LogP contribution >= 0.6 is 0 Å². The lowest BCUT2D eigenvalue weighted by Gasteiger charge is -2.63. The SMILES string of the molecule is CC(C)CC1(O)CC(C)C2C1C(=O)C1C3C(O)C(O)C4CC(O)CCC4(C)C3CCC12C. The highest BCUT2D eigenvalue weighted by Crippen LogP contribution is 2.71. The van der Waals surface area contributed by atoms with Crippen molar-refractivity contribution in [3.8, 4) is 0 Å². The minimum atomic E-state index is -0.954. The summed E-state index contributed by atoms with van der Waals surface area (Å²) in [6.07, 6.45) is 3.06. The first-order valence-electron chi connectivity index (χ1n) is 13.2. The van der Waals surface area contributed by atoms with E-state index in [1.165, 1.54) is 0 Å². The van der Waals surface area contributed by atoms with Crippen LogP contribution in [0.5, 0.6) is 0 Å². The zero-order valence-corrected chi connectivity index (χ0v) is 20.5. The highest BCUT2D eigenvalue weighted by Gasteiger charge is 2.73. The quantitative estimate of drug-likeness (QED) is 0.520. The molecule has 5 aliphatic rings. The van der Waals surface area contributed by atoms with Crippen LogP contribution in [-0.2, 0) is 4.79 Å². The Morgan fingerprint density at radius 3 is 2.28 bits per heavy atom. The lowest BCUT2D eigenvalue weighted by atomic mass is 9.43. The van der Waals surface area contributed by atoms with E-state index in [1.54, 1.807) is 0 Å². The van der Waals surface area contributed by atoms with Crippen LogP contribution in [-0.4, -0.2) is 50.1 Å². The summed E-state index contributed by atoms with van der Waals surface area (Å²) in [6, 6.07) is 0. The van der Waals surface area contributed by atoms with Gasteiger partial charge >= 0.3 is 0 Å². The van der Waals surface area contributed by atoms with Crippen LogP contribution in [0.25, 0.3) is 0 Å². The highest BCUT2D eigenvalue weighted by molar-refractivity contribution is 5.89. The fourth-order valence-corrected chi connectivity index (χ4v) is 10.4. The summed E-state index contributed by atoms with van der Waals surface area (Å²) in [5, 5.41) is 44.7. The molecule has 5 aliphatic carbocycles. The molecular formula is C27H44O5. The summed E-state index contributed by atoms with van der Waals surface area (Å²) in [4.78, 5) is 14.2. The van der Waals surface area contributed by atoms with Gasteiger partial charge in [0.05, 0.1) is 29.8 Å². The van der Waals surface area contributed by atoms with E-state index in [2.05, 4.69) is 34.6 Å². The molecule has 0 heterocycles. The largest absolute Gasteiger partial charge is 0.393 e. The van der Waals surface area contributed by atoms with E-state index < -0.39 is 23.9 Å². The Balaban J connectivity index is 1.56. The number of carbonyl (C=O) groups is 1. The maximum atomic E-state index is 14.2. The normalized spacial score (nSPS) is 59.5. The van der Waals surface area contributed by atoms with E-state index in [1.807, 2.05) is 0 Å². The predicted octanol–water partition coefficient (Wildman–Crippen LogP) is 3.17. The summed E-state index contributed by atoms with van der Waals surface area (Å²) in [7, 11) is 0. The van der Waals surface area contributed by atoms with E-state index in [0.29, 0.717) is 25.2 Å². The smallest absolute Gasteiger partial charge is 0.143 e. The lowest BCUT2D eigenvalue weighted by molar-refractivity contribution is -0.221. The van der Waals surface area contributed by atoms with E-state index in [-0.39, 0.29) is 58.0 Å². The third kappa shape index (κ3) is 2.86. The van der Waals surface area contributed by atoms with Gasteiger partial charge in [0.2, 0.25) is 0 Å². The Bertz CT molecular complexity index is 782. The van der Waals surface area contributed by atoms with Crippen LogP contribution in [0, 0.1) is 58.2 Å². The van der Waals surface area contributed by atoms with E-state index in [9.17, 15) is 25.2 Å². The average Bonchev–Trinajstić information content (AvgIpc) is 3.10. The van der Waals surface area contributed by atoms with Crippen LogP contribution < -0.4 is 0 Å². The van der Waals surface area contributed by atoms with Crippen LogP contribution in [0.4, 0.5) is 0 Å². The van der Waals surface area contributed by atoms with Crippen LogP contribution in [0.2, 0.25) is 0 Å². The first-order chi connectivity index (χ1) is 14.8. The van der Waals surface area contributed by atoms with Gasteiger partial charge in [-0.05, 0) is 85.4 Å². The number of ketones is 1. The molecule has 0 aromatic carbocycles. The maximum Gasteiger partial charge on any atom is 0.143 e. The van der Waals surface area contributed by atoms with Gasteiger partial charge in [-0.3, -0.25) is 4.79 Å². The molecule has 182 valence electrons. The van der Waals surface area contributed by atoms with Gasteiger partial charge in [0.1, 0.15) is 5.78 Å². The summed E-state index contributed by atoms with van der Waals surface area (Å²) in [5.74, 6) is 0.0388. The number of hydrogen-bond donors (Lipinski definition) is 4. The molecule has 0 aromatic rings. The minimum absolute atomic E-state index is 0.125. The second kappa shape index (κ2) is 7.26. The van der Waals surface area contributed by atoms with Gasteiger partial charge in [0, 0.05) is 11.8 Å². The average molecular weight is 449 g/mol. The number of fused-ring (bicyclic) bond motifs is 7. The molecule has 0 aromatic heterocycles. The standard InChI is InChI=1S/C27H44O5/c1-13(2)11-27(32)12-14(3)19-21(27)24(31)20-18-16(7-9-26(19,20)5)25(4)8-6-15(28)10-17(25)22(29)23(18)30/h13-23,28-30,32H,6-12H2,1-5H3. The number of hydrogen-bond acceptors (Lipinski definition) is 5. The number of Topliss-reactive ketones (excluding diaryl/α,β-unsaturated/α-hetero) is 1. The molecule has 0 bridgehead atoms. The second-order valence-corrected chi connectivity index (χ2v) is 13.5. The third-order valence-electron chi connectivity index (χ3n) is 11.3. The third-order valence-corrected chi connectivity index (χ3v) is 11.3. The molecule has 0 amide bonds. The summed E-state index contributed by atoms with van der Waals surface area (Å²) < 4.78 is 0. The molecule has 0 spiro atoms. The Morgan fingerprint density at radius 2 is 1.62 bits per heavy atom. The Hall–Kier alpha value is -0.490. The van der Waals surface area contributed by atoms with Crippen molar-refractivity contribution in [2.45, 2.75) is 103 Å². The zero-order chi connectivity index (χ0) is 23.4. The molecule has 5 nitrogen and oxygen atoms in total. The molecule has 5 heteroatoms. The molecule has 32 heavy (non-hydrogen) atoms. The minimum Gasteiger partial charge on any atom is -0.393 e. The van der Waals surface area contributed by atoms with Crippen molar-refractivity contribution in [1.29, 1.82) is 0 Å². The first-order valence-corrected chi connectivity index (χ1v) is 13.2. The van der Waals surface area contributed by atoms with Crippen molar-refractivity contribution in [3.63, 3.8) is 0 Å².